The van der Waals surface area contributed by atoms with Crippen LogP contribution in [0.1, 0.15) is 24.2 Å². The number of hydrogen-bond acceptors (Lipinski definition) is 5. The second kappa shape index (κ2) is 5.69. The molecular formula is C13H16FNO4. The minimum absolute atomic E-state index is 0.206. The number of hydrogen-bond donors (Lipinski definition) is 1. The molecule has 0 unspecified atom stereocenters. The van der Waals surface area contributed by atoms with Gasteiger partial charge in [0.2, 0.25) is 0 Å². The van der Waals surface area contributed by atoms with Crippen LogP contribution in [0.4, 0.5) is 10.1 Å². The summed E-state index contributed by atoms with van der Waals surface area (Å²) < 4.78 is 23.0. The highest BCUT2D eigenvalue weighted by molar-refractivity contribution is 5.90. The van der Waals surface area contributed by atoms with Crippen molar-refractivity contribution in [2.24, 2.45) is 5.41 Å². The van der Waals surface area contributed by atoms with Crippen molar-refractivity contribution in [1.82, 2.24) is 0 Å². The molecule has 0 radical (unpaired) electrons. The van der Waals surface area contributed by atoms with E-state index in [9.17, 15) is 14.0 Å². The monoisotopic (exact) mass is 269 g/mol. The third kappa shape index (κ3) is 3.67. The van der Waals surface area contributed by atoms with Crippen LogP contribution >= 0.6 is 0 Å². The van der Waals surface area contributed by atoms with Gasteiger partial charge >= 0.3 is 11.9 Å². The van der Waals surface area contributed by atoms with E-state index in [2.05, 4.69) is 4.74 Å². The summed E-state index contributed by atoms with van der Waals surface area (Å²) in [5.74, 6) is -2.13. The van der Waals surface area contributed by atoms with Gasteiger partial charge in [-0.3, -0.25) is 4.79 Å². The lowest BCUT2D eigenvalue weighted by atomic mass is 9.95. The van der Waals surface area contributed by atoms with Gasteiger partial charge in [0.1, 0.15) is 12.4 Å². The van der Waals surface area contributed by atoms with Crippen molar-refractivity contribution in [1.29, 1.82) is 0 Å². The van der Waals surface area contributed by atoms with Crippen molar-refractivity contribution in [3.8, 4) is 0 Å². The van der Waals surface area contributed by atoms with Crippen LogP contribution in [0.5, 0.6) is 0 Å². The lowest BCUT2D eigenvalue weighted by Gasteiger charge is -2.20. The smallest absolute Gasteiger partial charge is 0.341 e. The molecule has 0 spiro atoms. The van der Waals surface area contributed by atoms with E-state index in [0.29, 0.717) is 0 Å². The number of esters is 2. The molecule has 0 saturated heterocycles. The predicted octanol–water partition coefficient (Wildman–Crippen LogP) is 1.76. The van der Waals surface area contributed by atoms with Gasteiger partial charge in [0.05, 0.1) is 18.1 Å². The Morgan fingerprint density at radius 2 is 2.00 bits per heavy atom. The number of nitrogens with two attached hydrogens (primary N) is 1. The predicted molar refractivity (Wildman–Crippen MR) is 66.9 cm³/mol. The molecule has 0 heterocycles. The number of carbonyl (C=O) groups is 2. The van der Waals surface area contributed by atoms with E-state index in [1.807, 2.05) is 0 Å². The fourth-order valence-corrected chi connectivity index (χ4v) is 1.36. The molecule has 1 aromatic carbocycles. The first-order valence-electron chi connectivity index (χ1n) is 5.58. The van der Waals surface area contributed by atoms with Crippen LogP contribution < -0.4 is 5.73 Å². The molecule has 104 valence electrons. The van der Waals surface area contributed by atoms with Gasteiger partial charge in [0.15, 0.2) is 0 Å². The first kappa shape index (κ1) is 14.9. The summed E-state index contributed by atoms with van der Waals surface area (Å²) in [7, 11) is 1.24. The average molecular weight is 269 g/mol. The number of methoxy groups -OCH3 is 1. The van der Waals surface area contributed by atoms with Gasteiger partial charge in [-0.15, -0.1) is 0 Å². The summed E-state index contributed by atoms with van der Waals surface area (Å²) in [6, 6.07) is 3.66. The van der Waals surface area contributed by atoms with E-state index in [1.165, 1.54) is 19.2 Å². The van der Waals surface area contributed by atoms with Gasteiger partial charge in [0.25, 0.3) is 0 Å². The summed E-state index contributed by atoms with van der Waals surface area (Å²) in [5.41, 5.74) is 4.37. The number of carbonyl (C=O) groups excluding carboxylic acids is 2. The van der Waals surface area contributed by atoms with E-state index in [-0.39, 0.29) is 17.9 Å². The largest absolute Gasteiger partial charge is 0.469 e. The number of anilines is 1. The van der Waals surface area contributed by atoms with E-state index in [0.717, 1.165) is 6.07 Å². The zero-order chi connectivity index (χ0) is 14.6. The van der Waals surface area contributed by atoms with Crippen LogP contribution in [0.25, 0.3) is 0 Å². The SMILES string of the molecule is COC(=O)C(C)(C)COC(=O)c1ccc(N)cc1F. The second-order valence-electron chi connectivity index (χ2n) is 4.69. The Morgan fingerprint density at radius 1 is 1.37 bits per heavy atom. The topological polar surface area (TPSA) is 78.6 Å². The molecule has 5 nitrogen and oxygen atoms in total. The standard InChI is InChI=1S/C13H16FNO4/c1-13(2,12(17)18-3)7-19-11(16)9-5-4-8(15)6-10(9)14/h4-6H,7,15H2,1-3H3. The number of benzene rings is 1. The molecule has 0 amide bonds. The maximum atomic E-state index is 13.5. The normalized spacial score (nSPS) is 10.9. The Kier molecular flexibility index (Phi) is 4.47. The Hall–Kier alpha value is -2.11. The lowest BCUT2D eigenvalue weighted by molar-refractivity contribution is -0.152. The summed E-state index contributed by atoms with van der Waals surface area (Å²) in [4.78, 5) is 23.1. The fourth-order valence-electron chi connectivity index (χ4n) is 1.36. The van der Waals surface area contributed by atoms with Gasteiger partial charge in [-0.25, -0.2) is 9.18 Å². The van der Waals surface area contributed by atoms with Crippen LogP contribution in [0.2, 0.25) is 0 Å². The molecule has 1 rings (SSSR count). The summed E-state index contributed by atoms with van der Waals surface area (Å²) >= 11 is 0. The van der Waals surface area contributed by atoms with Crippen molar-refractivity contribution in [3.63, 3.8) is 0 Å². The van der Waals surface area contributed by atoms with Crippen LogP contribution in [-0.2, 0) is 14.3 Å². The average Bonchev–Trinajstić information content (AvgIpc) is 2.35. The third-order valence-electron chi connectivity index (χ3n) is 2.52. The molecule has 0 aromatic heterocycles. The highest BCUT2D eigenvalue weighted by Gasteiger charge is 2.31. The molecule has 0 atom stereocenters. The number of nitrogen functional groups attached to an aromatic ring is 1. The lowest BCUT2D eigenvalue weighted by Crippen LogP contribution is -2.32. The van der Waals surface area contributed by atoms with Gasteiger partial charge in [-0.2, -0.15) is 0 Å². The van der Waals surface area contributed by atoms with Gasteiger partial charge in [-0.05, 0) is 32.0 Å². The van der Waals surface area contributed by atoms with Crippen molar-refractivity contribution in [3.05, 3.63) is 29.6 Å². The van der Waals surface area contributed by atoms with Crippen molar-refractivity contribution >= 4 is 17.6 Å². The Balaban J connectivity index is 2.73. The van der Waals surface area contributed by atoms with Crippen molar-refractivity contribution < 1.29 is 23.5 Å². The molecule has 1 aromatic rings. The molecule has 0 aliphatic carbocycles. The highest BCUT2D eigenvalue weighted by atomic mass is 19.1. The van der Waals surface area contributed by atoms with Crippen molar-refractivity contribution in [2.75, 3.05) is 19.5 Å². The molecule has 2 N–H and O–H groups in total. The Bertz CT molecular complexity index is 499. The Morgan fingerprint density at radius 3 is 2.53 bits per heavy atom. The van der Waals surface area contributed by atoms with Gasteiger partial charge in [0, 0.05) is 5.69 Å². The van der Waals surface area contributed by atoms with Crippen LogP contribution in [0.3, 0.4) is 0 Å². The fraction of sp³-hybridized carbons (Fsp3) is 0.385. The molecule has 0 aliphatic rings. The minimum atomic E-state index is -0.991. The van der Waals surface area contributed by atoms with Crippen molar-refractivity contribution in [2.45, 2.75) is 13.8 Å². The molecular weight excluding hydrogens is 253 g/mol. The second-order valence-corrected chi connectivity index (χ2v) is 4.69. The first-order valence-corrected chi connectivity index (χ1v) is 5.58. The first-order chi connectivity index (χ1) is 8.77. The molecule has 19 heavy (non-hydrogen) atoms. The highest BCUT2D eigenvalue weighted by Crippen LogP contribution is 2.19. The van der Waals surface area contributed by atoms with Crippen LogP contribution in [0.15, 0.2) is 18.2 Å². The zero-order valence-corrected chi connectivity index (χ0v) is 11.0. The van der Waals surface area contributed by atoms with Gasteiger partial charge in [-0.1, -0.05) is 0 Å². The summed E-state index contributed by atoms with van der Waals surface area (Å²) in [6.45, 7) is 2.92. The third-order valence-corrected chi connectivity index (χ3v) is 2.52. The number of halogens is 1. The van der Waals surface area contributed by atoms with Crippen LogP contribution in [0, 0.1) is 11.2 Å². The van der Waals surface area contributed by atoms with E-state index >= 15 is 0 Å². The number of rotatable bonds is 4. The zero-order valence-electron chi connectivity index (χ0n) is 11.0. The Labute approximate surface area is 110 Å². The minimum Gasteiger partial charge on any atom is -0.469 e. The maximum Gasteiger partial charge on any atom is 0.341 e. The molecule has 0 bridgehead atoms. The maximum absolute atomic E-state index is 13.5. The molecule has 0 saturated carbocycles. The molecule has 0 fully saturated rings. The summed E-state index contributed by atoms with van der Waals surface area (Å²) in [5, 5.41) is 0. The van der Waals surface area contributed by atoms with E-state index in [4.69, 9.17) is 10.5 Å². The quantitative estimate of drug-likeness (QED) is 0.665. The molecule has 6 heteroatoms. The number of ether oxygens (including phenoxy) is 2. The molecule has 0 aliphatic heterocycles. The van der Waals surface area contributed by atoms with E-state index < -0.39 is 23.2 Å². The van der Waals surface area contributed by atoms with E-state index in [1.54, 1.807) is 13.8 Å². The summed E-state index contributed by atoms with van der Waals surface area (Å²) in [6.07, 6.45) is 0. The van der Waals surface area contributed by atoms with Gasteiger partial charge < -0.3 is 15.2 Å². The van der Waals surface area contributed by atoms with Crippen LogP contribution in [-0.4, -0.2) is 25.7 Å².